The van der Waals surface area contributed by atoms with Crippen LogP contribution in [-0.4, -0.2) is 29.7 Å². The lowest BCUT2D eigenvalue weighted by Crippen LogP contribution is -2.13. The molecule has 0 radical (unpaired) electrons. The summed E-state index contributed by atoms with van der Waals surface area (Å²) in [7, 11) is 0. The first-order valence-corrected chi connectivity index (χ1v) is 8.37. The topological polar surface area (TPSA) is 57.5 Å². The standard InChI is InChI=1S/C19H23NO4/c1-5-23-17(21)12-7-8-14-13(9-12)16(18(22)24-6-2)15-10-19(3,4)11-20(14)15/h7-9H,5-6,10-11H2,1-4H3. The quantitative estimate of drug-likeness (QED) is 0.805. The van der Waals surface area contributed by atoms with Gasteiger partial charge in [-0.15, -0.1) is 0 Å². The molecule has 128 valence electrons. The average Bonchev–Trinajstić information content (AvgIpc) is 2.97. The predicted octanol–water partition coefficient (Wildman–Crippen LogP) is 3.58. The summed E-state index contributed by atoms with van der Waals surface area (Å²) < 4.78 is 12.5. The molecule has 5 heteroatoms. The summed E-state index contributed by atoms with van der Waals surface area (Å²) in [6.07, 6.45) is 0.810. The highest BCUT2D eigenvalue weighted by Gasteiger charge is 2.35. The summed E-state index contributed by atoms with van der Waals surface area (Å²) in [6.45, 7) is 9.44. The van der Waals surface area contributed by atoms with Gasteiger partial charge in [-0.25, -0.2) is 9.59 Å². The number of nitrogens with zero attached hydrogens (tertiary/aromatic N) is 1. The fourth-order valence-corrected chi connectivity index (χ4v) is 3.48. The molecule has 0 bridgehead atoms. The largest absolute Gasteiger partial charge is 0.462 e. The van der Waals surface area contributed by atoms with Crippen molar-refractivity contribution in [2.24, 2.45) is 5.41 Å². The molecule has 3 rings (SSSR count). The van der Waals surface area contributed by atoms with Crippen molar-refractivity contribution in [3.05, 3.63) is 35.0 Å². The molecule has 1 aliphatic rings. The van der Waals surface area contributed by atoms with Gasteiger partial charge in [-0.3, -0.25) is 0 Å². The molecule has 5 nitrogen and oxygen atoms in total. The Bertz CT molecular complexity index is 816. The van der Waals surface area contributed by atoms with Crippen LogP contribution in [0, 0.1) is 5.41 Å². The van der Waals surface area contributed by atoms with Gasteiger partial charge in [-0.05, 0) is 43.9 Å². The Morgan fingerprint density at radius 3 is 2.46 bits per heavy atom. The minimum absolute atomic E-state index is 0.102. The Morgan fingerprint density at radius 2 is 1.79 bits per heavy atom. The Balaban J connectivity index is 2.18. The van der Waals surface area contributed by atoms with Crippen LogP contribution in [0.3, 0.4) is 0 Å². The van der Waals surface area contributed by atoms with E-state index in [2.05, 4.69) is 18.4 Å². The van der Waals surface area contributed by atoms with Crippen LogP contribution in [0.1, 0.15) is 54.1 Å². The lowest BCUT2D eigenvalue weighted by atomic mass is 9.89. The fraction of sp³-hybridized carbons (Fsp3) is 0.474. The van der Waals surface area contributed by atoms with Gasteiger partial charge in [0.2, 0.25) is 0 Å². The van der Waals surface area contributed by atoms with Crippen molar-refractivity contribution in [1.82, 2.24) is 4.57 Å². The molecule has 2 aromatic rings. The first-order chi connectivity index (χ1) is 11.4. The molecule has 0 atom stereocenters. The van der Waals surface area contributed by atoms with Gasteiger partial charge in [0.05, 0.1) is 24.3 Å². The van der Waals surface area contributed by atoms with Crippen LogP contribution in [0.25, 0.3) is 10.9 Å². The third-order valence-electron chi connectivity index (χ3n) is 4.39. The molecule has 0 aliphatic carbocycles. The zero-order valence-corrected chi connectivity index (χ0v) is 14.6. The number of esters is 2. The summed E-state index contributed by atoms with van der Waals surface area (Å²) in [5.41, 5.74) is 3.10. The maximum atomic E-state index is 12.5. The van der Waals surface area contributed by atoms with Crippen LogP contribution >= 0.6 is 0 Å². The Morgan fingerprint density at radius 1 is 1.12 bits per heavy atom. The highest BCUT2D eigenvalue weighted by Crippen LogP contribution is 2.40. The minimum atomic E-state index is -0.374. The second-order valence-electron chi connectivity index (χ2n) is 6.92. The summed E-state index contributed by atoms with van der Waals surface area (Å²) in [4.78, 5) is 24.6. The Hall–Kier alpha value is -2.30. The Kier molecular flexibility index (Phi) is 4.11. The van der Waals surface area contributed by atoms with Crippen molar-refractivity contribution in [3.63, 3.8) is 0 Å². The number of benzene rings is 1. The van der Waals surface area contributed by atoms with Crippen molar-refractivity contribution in [2.45, 2.75) is 40.7 Å². The van der Waals surface area contributed by atoms with E-state index in [1.807, 2.05) is 6.07 Å². The summed E-state index contributed by atoms with van der Waals surface area (Å²) in [5, 5.41) is 0.768. The first kappa shape index (κ1) is 16.6. The number of carbonyl (C=O) groups excluding carboxylic acids is 2. The van der Waals surface area contributed by atoms with Gasteiger partial charge in [0, 0.05) is 23.1 Å². The van der Waals surface area contributed by atoms with Crippen LogP contribution in [0.4, 0.5) is 0 Å². The monoisotopic (exact) mass is 329 g/mol. The number of fused-ring (bicyclic) bond motifs is 3. The molecule has 0 saturated carbocycles. The molecule has 0 saturated heterocycles. The second kappa shape index (κ2) is 5.96. The normalized spacial score (nSPS) is 15.3. The molecule has 1 aliphatic heterocycles. The first-order valence-electron chi connectivity index (χ1n) is 8.37. The lowest BCUT2D eigenvalue weighted by Gasteiger charge is -2.16. The highest BCUT2D eigenvalue weighted by molar-refractivity contribution is 6.08. The molecule has 0 unspecified atom stereocenters. The molecule has 2 heterocycles. The van der Waals surface area contributed by atoms with E-state index in [9.17, 15) is 9.59 Å². The van der Waals surface area contributed by atoms with Crippen molar-refractivity contribution in [3.8, 4) is 0 Å². The van der Waals surface area contributed by atoms with Crippen LogP contribution in [0.15, 0.2) is 18.2 Å². The van der Waals surface area contributed by atoms with Gasteiger partial charge in [0.25, 0.3) is 0 Å². The smallest absolute Gasteiger partial charge is 0.340 e. The minimum Gasteiger partial charge on any atom is -0.462 e. The molecule has 0 fully saturated rings. The van der Waals surface area contributed by atoms with E-state index in [0.29, 0.717) is 24.3 Å². The van der Waals surface area contributed by atoms with Crippen molar-refractivity contribution in [1.29, 1.82) is 0 Å². The van der Waals surface area contributed by atoms with E-state index in [4.69, 9.17) is 9.47 Å². The van der Waals surface area contributed by atoms with Gasteiger partial charge < -0.3 is 14.0 Å². The van der Waals surface area contributed by atoms with E-state index in [1.54, 1.807) is 26.0 Å². The lowest BCUT2D eigenvalue weighted by molar-refractivity contribution is 0.0515. The van der Waals surface area contributed by atoms with Crippen molar-refractivity contribution >= 4 is 22.8 Å². The third kappa shape index (κ3) is 2.68. The maximum Gasteiger partial charge on any atom is 0.340 e. The molecule has 0 amide bonds. The SMILES string of the molecule is CCOC(=O)c1ccc2c(c1)c(C(=O)OCC)c1n2CC(C)(C)C1. The molecular weight excluding hydrogens is 306 g/mol. The van der Waals surface area contributed by atoms with Gasteiger partial charge in [-0.1, -0.05) is 13.8 Å². The molecule has 24 heavy (non-hydrogen) atoms. The van der Waals surface area contributed by atoms with Crippen LogP contribution in [0.2, 0.25) is 0 Å². The molecule has 1 aromatic heterocycles. The maximum absolute atomic E-state index is 12.5. The zero-order chi connectivity index (χ0) is 17.5. The van der Waals surface area contributed by atoms with E-state index in [0.717, 1.165) is 29.6 Å². The van der Waals surface area contributed by atoms with Crippen molar-refractivity contribution < 1.29 is 19.1 Å². The van der Waals surface area contributed by atoms with Gasteiger partial charge in [0.15, 0.2) is 0 Å². The Labute approximate surface area is 141 Å². The number of carbonyl (C=O) groups is 2. The van der Waals surface area contributed by atoms with Crippen molar-refractivity contribution in [2.75, 3.05) is 13.2 Å². The molecule has 1 aromatic carbocycles. The number of hydrogen-bond acceptors (Lipinski definition) is 4. The van der Waals surface area contributed by atoms with E-state index in [-0.39, 0.29) is 17.4 Å². The predicted molar refractivity (Wildman–Crippen MR) is 91.3 cm³/mol. The number of rotatable bonds is 4. The molecule has 0 N–H and O–H groups in total. The highest BCUT2D eigenvalue weighted by atomic mass is 16.5. The van der Waals surface area contributed by atoms with E-state index < -0.39 is 0 Å². The summed E-state index contributed by atoms with van der Waals surface area (Å²) >= 11 is 0. The zero-order valence-electron chi connectivity index (χ0n) is 14.6. The summed E-state index contributed by atoms with van der Waals surface area (Å²) in [6, 6.07) is 5.40. The van der Waals surface area contributed by atoms with Gasteiger partial charge in [-0.2, -0.15) is 0 Å². The number of hydrogen-bond donors (Lipinski definition) is 0. The van der Waals surface area contributed by atoms with Crippen LogP contribution in [0.5, 0.6) is 0 Å². The third-order valence-corrected chi connectivity index (χ3v) is 4.39. The number of ether oxygens (including phenoxy) is 2. The number of aromatic nitrogens is 1. The van der Waals surface area contributed by atoms with Crippen LogP contribution in [-0.2, 0) is 22.4 Å². The average molecular weight is 329 g/mol. The van der Waals surface area contributed by atoms with Gasteiger partial charge in [0.1, 0.15) is 0 Å². The summed E-state index contributed by atoms with van der Waals surface area (Å²) in [5.74, 6) is -0.698. The second-order valence-corrected chi connectivity index (χ2v) is 6.92. The van der Waals surface area contributed by atoms with E-state index >= 15 is 0 Å². The molecular formula is C19H23NO4. The molecule has 0 spiro atoms. The van der Waals surface area contributed by atoms with E-state index in [1.165, 1.54) is 0 Å². The fourth-order valence-electron chi connectivity index (χ4n) is 3.48. The van der Waals surface area contributed by atoms with Crippen LogP contribution < -0.4 is 0 Å². The van der Waals surface area contributed by atoms with Gasteiger partial charge >= 0.3 is 11.9 Å².